The van der Waals surface area contributed by atoms with Crippen molar-refractivity contribution in [2.75, 3.05) is 18.0 Å². The molecule has 0 aliphatic carbocycles. The summed E-state index contributed by atoms with van der Waals surface area (Å²) >= 11 is 0. The third kappa shape index (κ3) is 5.64. The number of ether oxygens (including phenoxy) is 2. The second kappa shape index (κ2) is 9.57. The number of hydrogen-bond acceptors (Lipinski definition) is 5. The van der Waals surface area contributed by atoms with Crippen molar-refractivity contribution in [3.05, 3.63) is 65.0 Å². The van der Waals surface area contributed by atoms with Gasteiger partial charge < -0.3 is 9.47 Å². The van der Waals surface area contributed by atoms with Crippen molar-refractivity contribution in [1.29, 1.82) is 0 Å². The molecule has 184 valence electrons. The molecule has 0 saturated carbocycles. The Bertz CT molecular complexity index is 1290. The van der Waals surface area contributed by atoms with Crippen molar-refractivity contribution in [2.45, 2.75) is 38.4 Å². The van der Waals surface area contributed by atoms with Crippen LogP contribution in [0.1, 0.15) is 22.4 Å². The molecule has 0 spiro atoms. The van der Waals surface area contributed by atoms with E-state index in [2.05, 4.69) is 5.10 Å². The average Bonchev–Trinajstić information content (AvgIpc) is 3.09. The van der Waals surface area contributed by atoms with Gasteiger partial charge in [-0.1, -0.05) is 18.2 Å². The van der Waals surface area contributed by atoms with Crippen LogP contribution in [0.4, 0.5) is 18.9 Å². The number of rotatable bonds is 8. The minimum absolute atomic E-state index is 0.0637. The minimum atomic E-state index is -4.50. The van der Waals surface area contributed by atoms with Crippen LogP contribution in [0.5, 0.6) is 11.5 Å². The number of sulfonamides is 1. The van der Waals surface area contributed by atoms with Crippen LogP contribution in [-0.4, -0.2) is 38.1 Å². The summed E-state index contributed by atoms with van der Waals surface area (Å²) in [6.07, 6.45) is -2.89. The summed E-state index contributed by atoms with van der Waals surface area (Å²) in [4.78, 5) is 0.160. The predicted octanol–water partition coefficient (Wildman–Crippen LogP) is 4.69. The van der Waals surface area contributed by atoms with Crippen LogP contribution in [0.2, 0.25) is 0 Å². The van der Waals surface area contributed by atoms with Crippen molar-refractivity contribution < 1.29 is 31.1 Å². The van der Waals surface area contributed by atoms with Gasteiger partial charge in [0.05, 0.1) is 29.9 Å². The number of alkyl halides is 3. The van der Waals surface area contributed by atoms with Gasteiger partial charge in [-0.15, -0.1) is 0 Å². The first-order chi connectivity index (χ1) is 15.8. The van der Waals surface area contributed by atoms with Gasteiger partial charge in [0.2, 0.25) is 0 Å². The lowest BCUT2D eigenvalue weighted by Crippen LogP contribution is -2.31. The molecule has 0 amide bonds. The average molecular weight is 498 g/mol. The molecular formula is C23H26F3N3O4S. The quantitative estimate of drug-likeness (QED) is 0.452. The lowest BCUT2D eigenvalue weighted by atomic mass is 10.2. The highest BCUT2D eigenvalue weighted by Crippen LogP contribution is 2.34. The van der Waals surface area contributed by atoms with Crippen LogP contribution < -0.4 is 13.8 Å². The van der Waals surface area contributed by atoms with E-state index in [0.717, 1.165) is 5.56 Å². The second-order valence-corrected chi connectivity index (χ2v) is 9.77. The summed E-state index contributed by atoms with van der Waals surface area (Å²) in [5.74, 6) is -0.0289. The van der Waals surface area contributed by atoms with E-state index in [1.807, 2.05) is 13.0 Å². The van der Waals surface area contributed by atoms with Gasteiger partial charge in [-0.3, -0.25) is 8.99 Å². The van der Waals surface area contributed by atoms with E-state index in [4.69, 9.17) is 9.47 Å². The molecule has 1 heterocycles. The molecule has 0 bridgehead atoms. The van der Waals surface area contributed by atoms with Gasteiger partial charge in [0, 0.05) is 13.2 Å². The number of methoxy groups -OCH3 is 1. The van der Waals surface area contributed by atoms with Gasteiger partial charge in [-0.2, -0.15) is 18.3 Å². The zero-order valence-electron chi connectivity index (χ0n) is 19.5. The van der Waals surface area contributed by atoms with E-state index in [-0.39, 0.29) is 22.9 Å². The number of nitrogens with zero attached hydrogens (tertiary/aromatic N) is 3. The number of aryl methyl sites for hydroxylation is 4. The third-order valence-corrected chi connectivity index (χ3v) is 7.02. The van der Waals surface area contributed by atoms with Gasteiger partial charge in [-0.05, 0) is 55.7 Å². The zero-order valence-corrected chi connectivity index (χ0v) is 20.3. The number of anilines is 1. The fourth-order valence-electron chi connectivity index (χ4n) is 3.49. The first-order valence-electron chi connectivity index (χ1n) is 10.3. The SMILES string of the molecule is COc1cc(CN(c2cn(C)nc2C)S(=O)(=O)c2cc(C)ccc2C)ccc1OCC(F)(F)F. The van der Waals surface area contributed by atoms with Gasteiger partial charge >= 0.3 is 6.18 Å². The molecule has 0 saturated heterocycles. The van der Waals surface area contributed by atoms with E-state index < -0.39 is 22.8 Å². The molecule has 0 aliphatic rings. The fraction of sp³-hybridized carbons (Fsp3) is 0.348. The summed E-state index contributed by atoms with van der Waals surface area (Å²) in [5.41, 5.74) is 2.77. The van der Waals surface area contributed by atoms with Gasteiger partial charge in [0.15, 0.2) is 18.1 Å². The summed E-state index contributed by atoms with van der Waals surface area (Å²) in [6, 6.07) is 9.48. The fourth-order valence-corrected chi connectivity index (χ4v) is 5.29. The molecule has 0 aliphatic heterocycles. The molecule has 3 aromatic rings. The van der Waals surface area contributed by atoms with E-state index in [0.29, 0.717) is 22.5 Å². The number of benzene rings is 2. The molecule has 2 aromatic carbocycles. The van der Waals surface area contributed by atoms with Crippen LogP contribution in [-0.2, 0) is 23.6 Å². The van der Waals surface area contributed by atoms with E-state index >= 15 is 0 Å². The summed E-state index contributed by atoms with van der Waals surface area (Å²) in [6.45, 7) is 3.66. The van der Waals surface area contributed by atoms with Gasteiger partial charge in [0.1, 0.15) is 0 Å². The van der Waals surface area contributed by atoms with Gasteiger partial charge in [-0.25, -0.2) is 8.42 Å². The van der Waals surface area contributed by atoms with Crippen molar-refractivity contribution in [3.63, 3.8) is 0 Å². The first kappa shape index (κ1) is 25.4. The second-order valence-electron chi connectivity index (χ2n) is 7.94. The van der Waals surface area contributed by atoms with Crippen LogP contribution in [0.25, 0.3) is 0 Å². The normalized spacial score (nSPS) is 12.0. The molecule has 1 aromatic heterocycles. The van der Waals surface area contributed by atoms with Crippen molar-refractivity contribution in [1.82, 2.24) is 9.78 Å². The molecule has 11 heteroatoms. The molecule has 7 nitrogen and oxygen atoms in total. The van der Waals surface area contributed by atoms with E-state index in [9.17, 15) is 21.6 Å². The number of hydrogen-bond donors (Lipinski definition) is 0. The highest BCUT2D eigenvalue weighted by molar-refractivity contribution is 7.92. The molecule has 0 N–H and O–H groups in total. The monoisotopic (exact) mass is 497 g/mol. The van der Waals surface area contributed by atoms with Crippen molar-refractivity contribution >= 4 is 15.7 Å². The maximum Gasteiger partial charge on any atom is 0.422 e. The van der Waals surface area contributed by atoms with E-state index in [1.165, 1.54) is 34.3 Å². The molecule has 0 unspecified atom stereocenters. The molecule has 0 fully saturated rings. The lowest BCUT2D eigenvalue weighted by molar-refractivity contribution is -0.153. The van der Waals surface area contributed by atoms with E-state index in [1.54, 1.807) is 39.2 Å². The lowest BCUT2D eigenvalue weighted by Gasteiger charge is -2.25. The Morgan fingerprint density at radius 1 is 1.06 bits per heavy atom. The van der Waals surface area contributed by atoms with Crippen molar-refractivity contribution in [3.8, 4) is 11.5 Å². The Hall–Kier alpha value is -3.21. The molecule has 3 rings (SSSR count). The Kier molecular flexibility index (Phi) is 7.15. The van der Waals surface area contributed by atoms with Crippen LogP contribution in [0.15, 0.2) is 47.5 Å². The Morgan fingerprint density at radius 3 is 2.35 bits per heavy atom. The molecular weight excluding hydrogens is 471 g/mol. The Balaban J connectivity index is 2.05. The Morgan fingerprint density at radius 2 is 1.76 bits per heavy atom. The number of halogens is 3. The van der Waals surface area contributed by atoms with Crippen molar-refractivity contribution in [2.24, 2.45) is 7.05 Å². The van der Waals surface area contributed by atoms with Crippen LogP contribution in [0.3, 0.4) is 0 Å². The first-order valence-corrected chi connectivity index (χ1v) is 11.7. The third-order valence-electron chi connectivity index (χ3n) is 5.11. The van der Waals surface area contributed by atoms with Crippen LogP contribution in [0, 0.1) is 20.8 Å². The highest BCUT2D eigenvalue weighted by Gasteiger charge is 2.31. The highest BCUT2D eigenvalue weighted by atomic mass is 32.2. The maximum absolute atomic E-state index is 13.8. The maximum atomic E-state index is 13.8. The number of aromatic nitrogens is 2. The topological polar surface area (TPSA) is 73.7 Å². The largest absolute Gasteiger partial charge is 0.493 e. The summed E-state index contributed by atoms with van der Waals surface area (Å²) < 4.78 is 78.1. The van der Waals surface area contributed by atoms with Crippen LogP contribution >= 0.6 is 0 Å². The summed E-state index contributed by atoms with van der Waals surface area (Å²) in [5, 5.41) is 4.28. The minimum Gasteiger partial charge on any atom is -0.493 e. The standard InChI is InChI=1S/C23H26F3N3O4S/c1-15-6-7-16(2)22(10-15)34(30,31)29(19-13-28(4)27-17(19)3)12-18-8-9-20(21(11-18)32-5)33-14-23(24,25)26/h6-11,13H,12,14H2,1-5H3. The molecule has 0 radical (unpaired) electrons. The zero-order chi connectivity index (χ0) is 25.3. The van der Waals surface area contributed by atoms with Gasteiger partial charge in [0.25, 0.3) is 10.0 Å². The molecule has 34 heavy (non-hydrogen) atoms. The smallest absolute Gasteiger partial charge is 0.422 e. The predicted molar refractivity (Wildman–Crippen MR) is 122 cm³/mol. The Labute approximate surface area is 196 Å². The summed E-state index contributed by atoms with van der Waals surface area (Å²) in [7, 11) is -1.02. The molecule has 0 atom stereocenters.